The molecule has 1 aliphatic rings. The van der Waals surface area contributed by atoms with Gasteiger partial charge in [-0.1, -0.05) is 0 Å². The number of rotatable bonds is 4. The van der Waals surface area contributed by atoms with Crippen molar-refractivity contribution in [3.8, 4) is 0 Å². The van der Waals surface area contributed by atoms with Crippen LogP contribution in [0.4, 0.5) is 5.69 Å². The first kappa shape index (κ1) is 16.4. The Balaban J connectivity index is 1.58. The Morgan fingerprint density at radius 2 is 1.83 bits per heavy atom. The average Bonchev–Trinajstić information content (AvgIpc) is 2.92. The maximum Gasteiger partial charge on any atom is 0.238 e. The third kappa shape index (κ3) is 4.08. The van der Waals surface area contributed by atoms with Gasteiger partial charge in [-0.15, -0.1) is 11.3 Å². The van der Waals surface area contributed by atoms with Crippen molar-refractivity contribution in [3.63, 3.8) is 0 Å². The van der Waals surface area contributed by atoms with Gasteiger partial charge in [0.2, 0.25) is 10.0 Å². The predicted octanol–water partition coefficient (Wildman–Crippen LogP) is 1.42. The fourth-order valence-corrected chi connectivity index (χ4v) is 4.01. The lowest BCUT2D eigenvalue weighted by atomic mass is 10.2. The molecule has 124 valence electrons. The molecule has 2 heterocycles. The number of nitrogens with two attached hydrogens (primary N) is 1. The minimum absolute atomic E-state index is 0.152. The third-order valence-corrected chi connectivity index (χ3v) is 5.81. The maximum absolute atomic E-state index is 11.3. The second-order valence-electron chi connectivity index (χ2n) is 5.68. The standard InChI is InChI=1S/C15H20N4O2S2/c1-12-11-22-15(17-12)10-18-6-8-19(9-7-18)13-2-4-14(5-3-13)23(16,20)21/h2-5,11H,6-10H2,1H3,(H2,16,20,21). The summed E-state index contributed by atoms with van der Waals surface area (Å²) in [5, 5.41) is 8.37. The molecule has 0 aliphatic carbocycles. The van der Waals surface area contributed by atoms with Crippen LogP contribution in [0, 0.1) is 6.92 Å². The van der Waals surface area contributed by atoms with Gasteiger partial charge in [-0.25, -0.2) is 18.5 Å². The molecular formula is C15H20N4O2S2. The fourth-order valence-electron chi connectivity index (χ4n) is 2.68. The summed E-state index contributed by atoms with van der Waals surface area (Å²) >= 11 is 1.71. The van der Waals surface area contributed by atoms with E-state index in [1.54, 1.807) is 23.5 Å². The van der Waals surface area contributed by atoms with Crippen molar-refractivity contribution in [1.29, 1.82) is 0 Å². The van der Waals surface area contributed by atoms with Crippen molar-refractivity contribution in [3.05, 3.63) is 40.3 Å². The highest BCUT2D eigenvalue weighted by atomic mass is 32.2. The zero-order chi connectivity index (χ0) is 16.4. The number of benzene rings is 1. The number of sulfonamides is 1. The molecule has 1 aromatic heterocycles. The summed E-state index contributed by atoms with van der Waals surface area (Å²) in [6, 6.07) is 6.77. The molecule has 1 aromatic carbocycles. The smallest absolute Gasteiger partial charge is 0.238 e. The van der Waals surface area contributed by atoms with Gasteiger partial charge in [-0.2, -0.15) is 0 Å². The lowest BCUT2D eigenvalue weighted by Crippen LogP contribution is -2.45. The number of aryl methyl sites for hydroxylation is 1. The summed E-state index contributed by atoms with van der Waals surface area (Å²) in [5.74, 6) is 0. The van der Waals surface area contributed by atoms with E-state index >= 15 is 0 Å². The van der Waals surface area contributed by atoms with Crippen LogP contribution in [0.3, 0.4) is 0 Å². The van der Waals surface area contributed by atoms with Crippen LogP contribution in [0.15, 0.2) is 34.5 Å². The number of hydrogen-bond donors (Lipinski definition) is 1. The minimum atomic E-state index is -3.62. The number of aromatic nitrogens is 1. The molecule has 0 bridgehead atoms. The van der Waals surface area contributed by atoms with E-state index in [1.807, 2.05) is 19.1 Å². The molecule has 1 aliphatic heterocycles. The number of anilines is 1. The number of hydrogen-bond acceptors (Lipinski definition) is 6. The van der Waals surface area contributed by atoms with E-state index in [4.69, 9.17) is 5.14 Å². The SMILES string of the molecule is Cc1csc(CN2CCN(c3ccc(S(N)(=O)=O)cc3)CC2)n1. The summed E-state index contributed by atoms with van der Waals surface area (Å²) in [7, 11) is -3.62. The lowest BCUT2D eigenvalue weighted by Gasteiger charge is -2.35. The van der Waals surface area contributed by atoms with Gasteiger partial charge in [0.05, 0.1) is 11.4 Å². The first-order valence-electron chi connectivity index (χ1n) is 7.43. The topological polar surface area (TPSA) is 79.5 Å². The van der Waals surface area contributed by atoms with E-state index in [1.165, 1.54) is 0 Å². The molecule has 0 spiro atoms. The maximum atomic E-state index is 11.3. The number of nitrogens with zero attached hydrogens (tertiary/aromatic N) is 3. The molecule has 3 rings (SSSR count). The van der Waals surface area contributed by atoms with E-state index in [2.05, 4.69) is 20.2 Å². The molecule has 8 heteroatoms. The average molecular weight is 352 g/mol. The molecule has 0 unspecified atom stereocenters. The zero-order valence-corrected chi connectivity index (χ0v) is 14.6. The second kappa shape index (κ2) is 6.56. The van der Waals surface area contributed by atoms with Crippen LogP contribution in [0.5, 0.6) is 0 Å². The first-order valence-corrected chi connectivity index (χ1v) is 9.85. The number of piperazine rings is 1. The van der Waals surface area contributed by atoms with Crippen LogP contribution in [0.1, 0.15) is 10.7 Å². The Morgan fingerprint density at radius 3 is 2.35 bits per heavy atom. The van der Waals surface area contributed by atoms with Gasteiger partial charge in [0.25, 0.3) is 0 Å². The molecule has 0 saturated carbocycles. The van der Waals surface area contributed by atoms with Gasteiger partial charge in [-0.05, 0) is 31.2 Å². The molecule has 6 nitrogen and oxygen atoms in total. The Morgan fingerprint density at radius 1 is 1.17 bits per heavy atom. The van der Waals surface area contributed by atoms with E-state index in [0.717, 1.165) is 49.1 Å². The molecule has 2 aromatic rings. The zero-order valence-electron chi connectivity index (χ0n) is 13.0. The summed E-state index contributed by atoms with van der Waals surface area (Å²) in [6.45, 7) is 6.68. The highest BCUT2D eigenvalue weighted by Gasteiger charge is 2.18. The van der Waals surface area contributed by atoms with Gasteiger partial charge in [-0.3, -0.25) is 4.90 Å². The Kier molecular flexibility index (Phi) is 4.67. The Hall–Kier alpha value is -1.48. The molecule has 1 fully saturated rings. The fraction of sp³-hybridized carbons (Fsp3) is 0.400. The highest BCUT2D eigenvalue weighted by Crippen LogP contribution is 2.20. The number of primary sulfonamides is 1. The first-order chi connectivity index (χ1) is 10.9. The van der Waals surface area contributed by atoms with Gasteiger partial charge in [0, 0.05) is 42.9 Å². The molecule has 0 atom stereocenters. The minimum Gasteiger partial charge on any atom is -0.369 e. The second-order valence-corrected chi connectivity index (χ2v) is 8.19. The lowest BCUT2D eigenvalue weighted by molar-refractivity contribution is 0.249. The molecular weight excluding hydrogens is 332 g/mol. The summed E-state index contributed by atoms with van der Waals surface area (Å²) in [5.41, 5.74) is 2.11. The van der Waals surface area contributed by atoms with E-state index < -0.39 is 10.0 Å². The molecule has 1 saturated heterocycles. The summed E-state index contributed by atoms with van der Waals surface area (Å²) < 4.78 is 22.6. The summed E-state index contributed by atoms with van der Waals surface area (Å²) in [4.78, 5) is 9.32. The van der Waals surface area contributed by atoms with Crippen molar-refractivity contribution in [2.45, 2.75) is 18.4 Å². The Bertz CT molecular complexity index is 763. The van der Waals surface area contributed by atoms with Crippen LogP contribution in [0.2, 0.25) is 0 Å². The molecule has 0 amide bonds. The summed E-state index contributed by atoms with van der Waals surface area (Å²) in [6.07, 6.45) is 0. The van der Waals surface area contributed by atoms with Gasteiger partial charge in [0.15, 0.2) is 0 Å². The van der Waals surface area contributed by atoms with Crippen molar-refractivity contribution < 1.29 is 8.42 Å². The van der Waals surface area contributed by atoms with E-state index in [0.29, 0.717) is 0 Å². The monoisotopic (exact) mass is 352 g/mol. The predicted molar refractivity (Wildman–Crippen MR) is 92.2 cm³/mol. The van der Waals surface area contributed by atoms with Crippen molar-refractivity contribution in [2.75, 3.05) is 31.1 Å². The van der Waals surface area contributed by atoms with Gasteiger partial charge in [0.1, 0.15) is 5.01 Å². The molecule has 2 N–H and O–H groups in total. The van der Waals surface area contributed by atoms with Crippen molar-refractivity contribution >= 4 is 27.0 Å². The quantitative estimate of drug-likeness (QED) is 0.900. The van der Waals surface area contributed by atoms with E-state index in [9.17, 15) is 8.42 Å². The van der Waals surface area contributed by atoms with Crippen LogP contribution in [0.25, 0.3) is 0 Å². The van der Waals surface area contributed by atoms with Crippen molar-refractivity contribution in [1.82, 2.24) is 9.88 Å². The third-order valence-electron chi connectivity index (χ3n) is 3.93. The van der Waals surface area contributed by atoms with Crippen molar-refractivity contribution in [2.24, 2.45) is 5.14 Å². The highest BCUT2D eigenvalue weighted by molar-refractivity contribution is 7.89. The largest absolute Gasteiger partial charge is 0.369 e. The van der Waals surface area contributed by atoms with Crippen LogP contribution in [-0.4, -0.2) is 44.5 Å². The van der Waals surface area contributed by atoms with Crippen LogP contribution in [-0.2, 0) is 16.6 Å². The number of thiazole rings is 1. The van der Waals surface area contributed by atoms with Crippen LogP contribution >= 0.6 is 11.3 Å². The molecule has 23 heavy (non-hydrogen) atoms. The molecule has 0 radical (unpaired) electrons. The van der Waals surface area contributed by atoms with Gasteiger partial charge < -0.3 is 4.90 Å². The van der Waals surface area contributed by atoms with Gasteiger partial charge >= 0.3 is 0 Å². The van der Waals surface area contributed by atoms with Crippen LogP contribution < -0.4 is 10.0 Å². The normalized spacial score (nSPS) is 16.7. The van der Waals surface area contributed by atoms with E-state index in [-0.39, 0.29) is 4.90 Å². The Labute approximate surface area is 140 Å².